The third-order valence-electron chi connectivity index (χ3n) is 3.79. The summed E-state index contributed by atoms with van der Waals surface area (Å²) in [6, 6.07) is 12.3. The molecule has 0 bridgehead atoms. The van der Waals surface area contributed by atoms with Gasteiger partial charge >= 0.3 is 0 Å². The zero-order valence-corrected chi connectivity index (χ0v) is 16.0. The Labute approximate surface area is 162 Å². The lowest BCUT2D eigenvalue weighted by Gasteiger charge is -2.09. The highest BCUT2D eigenvalue weighted by atomic mass is 32.2. The van der Waals surface area contributed by atoms with Gasteiger partial charge in [0, 0.05) is 27.8 Å². The van der Waals surface area contributed by atoms with Crippen molar-refractivity contribution in [2.75, 3.05) is 5.32 Å². The van der Waals surface area contributed by atoms with Crippen LogP contribution in [0.4, 0.5) is 5.69 Å². The number of rotatable bonds is 5. The van der Waals surface area contributed by atoms with Crippen molar-refractivity contribution in [3.05, 3.63) is 81.6 Å². The van der Waals surface area contributed by atoms with Crippen LogP contribution in [0.25, 0.3) is 4.96 Å². The third-order valence-corrected chi connectivity index (χ3v) is 5.80. The van der Waals surface area contributed by atoms with Crippen LogP contribution in [0.3, 0.4) is 0 Å². The number of carbonyl (C=O) groups is 1. The summed E-state index contributed by atoms with van der Waals surface area (Å²) in [6.07, 6.45) is 3.26. The van der Waals surface area contributed by atoms with Crippen molar-refractivity contribution in [1.82, 2.24) is 9.38 Å². The topological polar surface area (TPSA) is 76.6 Å². The fraction of sp³-hybridized carbons (Fsp3) is 0.105. The van der Waals surface area contributed by atoms with Crippen LogP contribution >= 0.6 is 23.1 Å². The minimum Gasteiger partial charge on any atom is -0.459 e. The molecular weight excluding hydrogens is 382 g/mol. The summed E-state index contributed by atoms with van der Waals surface area (Å²) < 4.78 is 6.69. The van der Waals surface area contributed by atoms with Crippen molar-refractivity contribution in [3.8, 4) is 0 Å². The SMILES string of the molecule is Cc1cn2c(=O)cc(CSc3ccccc3NC(=O)c3ccco3)nc2s1. The van der Waals surface area contributed by atoms with Gasteiger partial charge in [-0.1, -0.05) is 12.1 Å². The number of carbonyl (C=O) groups excluding carboxylic acids is 1. The van der Waals surface area contributed by atoms with Crippen molar-refractivity contribution < 1.29 is 9.21 Å². The number of hydrogen-bond donors (Lipinski definition) is 1. The lowest BCUT2D eigenvalue weighted by Crippen LogP contribution is -2.13. The molecule has 0 aliphatic rings. The molecule has 0 atom stereocenters. The van der Waals surface area contributed by atoms with Crippen molar-refractivity contribution in [2.24, 2.45) is 0 Å². The molecule has 0 saturated carbocycles. The molecule has 27 heavy (non-hydrogen) atoms. The van der Waals surface area contributed by atoms with E-state index < -0.39 is 0 Å². The van der Waals surface area contributed by atoms with Gasteiger partial charge in [-0.15, -0.1) is 23.1 Å². The quantitative estimate of drug-likeness (QED) is 0.511. The number of fused-ring (bicyclic) bond motifs is 1. The summed E-state index contributed by atoms with van der Waals surface area (Å²) in [4.78, 5) is 31.6. The number of benzene rings is 1. The van der Waals surface area contributed by atoms with Gasteiger partial charge in [-0.2, -0.15) is 0 Å². The van der Waals surface area contributed by atoms with E-state index in [0.717, 1.165) is 9.77 Å². The maximum Gasteiger partial charge on any atom is 0.291 e. The Morgan fingerprint density at radius 1 is 1.30 bits per heavy atom. The number of thiazole rings is 1. The number of anilines is 1. The van der Waals surface area contributed by atoms with Gasteiger partial charge in [0.2, 0.25) is 0 Å². The molecule has 0 unspecified atom stereocenters. The van der Waals surface area contributed by atoms with Gasteiger partial charge in [0.1, 0.15) is 0 Å². The summed E-state index contributed by atoms with van der Waals surface area (Å²) in [5.41, 5.74) is 1.31. The molecule has 0 saturated heterocycles. The van der Waals surface area contributed by atoms with Gasteiger partial charge in [-0.25, -0.2) is 4.98 Å². The number of hydrogen-bond acceptors (Lipinski definition) is 6. The summed E-state index contributed by atoms with van der Waals surface area (Å²) in [5, 5.41) is 2.86. The van der Waals surface area contributed by atoms with E-state index in [1.165, 1.54) is 29.4 Å². The summed E-state index contributed by atoms with van der Waals surface area (Å²) in [7, 11) is 0. The molecule has 3 aromatic heterocycles. The van der Waals surface area contributed by atoms with Crippen LogP contribution in [0, 0.1) is 6.92 Å². The first-order valence-corrected chi connectivity index (χ1v) is 9.96. The lowest BCUT2D eigenvalue weighted by molar-refractivity contribution is 0.0996. The monoisotopic (exact) mass is 397 g/mol. The summed E-state index contributed by atoms with van der Waals surface area (Å²) in [5.74, 6) is 0.471. The van der Waals surface area contributed by atoms with Crippen molar-refractivity contribution in [2.45, 2.75) is 17.6 Å². The Bertz CT molecular complexity index is 1160. The zero-order chi connectivity index (χ0) is 18.8. The number of nitrogens with one attached hydrogen (secondary N) is 1. The normalized spacial score (nSPS) is 11.0. The molecule has 1 amide bonds. The van der Waals surface area contributed by atoms with E-state index in [4.69, 9.17) is 4.42 Å². The fourth-order valence-electron chi connectivity index (χ4n) is 2.57. The van der Waals surface area contributed by atoms with E-state index in [0.29, 0.717) is 22.1 Å². The van der Waals surface area contributed by atoms with E-state index in [-0.39, 0.29) is 17.2 Å². The van der Waals surface area contributed by atoms with Crippen LogP contribution in [0.1, 0.15) is 21.1 Å². The molecule has 1 N–H and O–H groups in total. The van der Waals surface area contributed by atoms with Gasteiger partial charge in [0.25, 0.3) is 11.5 Å². The molecule has 0 aliphatic carbocycles. The first-order chi connectivity index (χ1) is 13.1. The average Bonchev–Trinajstić information content (AvgIpc) is 3.30. The minimum atomic E-state index is -0.306. The highest BCUT2D eigenvalue weighted by molar-refractivity contribution is 7.98. The molecular formula is C19H15N3O3S2. The molecule has 4 rings (SSSR count). The van der Waals surface area contributed by atoms with Gasteiger partial charge in [-0.3, -0.25) is 14.0 Å². The summed E-state index contributed by atoms with van der Waals surface area (Å²) in [6.45, 7) is 1.95. The first kappa shape index (κ1) is 17.6. The molecule has 1 aromatic carbocycles. The van der Waals surface area contributed by atoms with Crippen molar-refractivity contribution in [1.29, 1.82) is 0 Å². The second kappa shape index (κ2) is 7.42. The molecule has 0 aliphatic heterocycles. The second-order valence-electron chi connectivity index (χ2n) is 5.80. The molecule has 3 heterocycles. The maximum absolute atomic E-state index is 12.2. The number of aryl methyl sites for hydroxylation is 1. The van der Waals surface area contributed by atoms with E-state index in [9.17, 15) is 9.59 Å². The van der Waals surface area contributed by atoms with Crippen LogP contribution in [0.2, 0.25) is 0 Å². The number of amides is 1. The van der Waals surface area contributed by atoms with Crippen LogP contribution in [-0.4, -0.2) is 15.3 Å². The molecule has 136 valence electrons. The largest absolute Gasteiger partial charge is 0.459 e. The smallest absolute Gasteiger partial charge is 0.291 e. The van der Waals surface area contributed by atoms with Gasteiger partial charge < -0.3 is 9.73 Å². The number of aromatic nitrogens is 2. The van der Waals surface area contributed by atoms with Crippen LogP contribution in [-0.2, 0) is 5.75 Å². The number of thioether (sulfide) groups is 1. The molecule has 0 fully saturated rings. The Balaban J connectivity index is 1.53. The predicted molar refractivity (Wildman–Crippen MR) is 107 cm³/mol. The van der Waals surface area contributed by atoms with Crippen LogP contribution in [0.5, 0.6) is 0 Å². The van der Waals surface area contributed by atoms with Gasteiger partial charge in [-0.05, 0) is 31.2 Å². The lowest BCUT2D eigenvalue weighted by atomic mass is 10.3. The molecule has 4 aromatic rings. The Hall–Kier alpha value is -2.84. The molecule has 6 nitrogen and oxygen atoms in total. The van der Waals surface area contributed by atoms with Crippen LogP contribution < -0.4 is 10.9 Å². The van der Waals surface area contributed by atoms with Crippen LogP contribution in [0.15, 0.2) is 69.0 Å². The van der Waals surface area contributed by atoms with Gasteiger partial charge in [0.05, 0.1) is 17.6 Å². The Morgan fingerprint density at radius 3 is 2.96 bits per heavy atom. The highest BCUT2D eigenvalue weighted by Gasteiger charge is 2.12. The van der Waals surface area contributed by atoms with Crippen molar-refractivity contribution >= 4 is 39.7 Å². The van der Waals surface area contributed by atoms with E-state index in [1.807, 2.05) is 31.2 Å². The van der Waals surface area contributed by atoms with Gasteiger partial charge in [0.15, 0.2) is 10.7 Å². The zero-order valence-electron chi connectivity index (χ0n) is 14.3. The number of furan rings is 1. The molecule has 0 spiro atoms. The Morgan fingerprint density at radius 2 is 2.15 bits per heavy atom. The second-order valence-corrected chi connectivity index (χ2v) is 8.03. The van der Waals surface area contributed by atoms with E-state index >= 15 is 0 Å². The Kier molecular flexibility index (Phi) is 4.83. The minimum absolute atomic E-state index is 0.0839. The van der Waals surface area contributed by atoms with Crippen molar-refractivity contribution in [3.63, 3.8) is 0 Å². The summed E-state index contributed by atoms with van der Waals surface area (Å²) >= 11 is 3.00. The standard InChI is InChI=1S/C19H15N3O3S2/c1-12-10-22-17(23)9-13(20-19(22)27-12)11-26-16-7-3-2-5-14(16)21-18(24)15-6-4-8-25-15/h2-10H,11H2,1H3,(H,21,24). The number of para-hydroxylation sites is 1. The van der Waals surface area contributed by atoms with E-state index in [1.54, 1.807) is 28.8 Å². The third kappa shape index (κ3) is 3.81. The maximum atomic E-state index is 12.2. The average molecular weight is 397 g/mol. The predicted octanol–water partition coefficient (Wildman–Crippen LogP) is 4.20. The number of nitrogens with zero attached hydrogens (tertiary/aromatic N) is 2. The first-order valence-electron chi connectivity index (χ1n) is 8.15. The molecule has 0 radical (unpaired) electrons. The van der Waals surface area contributed by atoms with E-state index in [2.05, 4.69) is 10.3 Å². The highest BCUT2D eigenvalue weighted by Crippen LogP contribution is 2.30. The molecule has 8 heteroatoms. The fourth-order valence-corrected chi connectivity index (χ4v) is 4.32.